The lowest BCUT2D eigenvalue weighted by molar-refractivity contribution is -0.122. The van der Waals surface area contributed by atoms with Crippen LogP contribution in [0.25, 0.3) is 11.3 Å². The number of rotatable bonds is 6. The molecule has 5 nitrogen and oxygen atoms in total. The molecule has 0 saturated heterocycles. The standard InChI is InChI=1S/C26H22N4O/c31-25(30-28-18-20-17-27-29-24(20)19-10-4-1-5-11-19)23-16-26(23,21-12-6-2-7-13-21)22-14-8-3-9-15-22/h1-15,17-18,23H,16H2,(H,27,29)(H,30,31)/b28-18+/t23-/m1/s1. The zero-order valence-electron chi connectivity index (χ0n) is 16.9. The largest absolute Gasteiger partial charge is 0.277 e. The molecule has 1 atom stereocenters. The van der Waals surface area contributed by atoms with Gasteiger partial charge in [0.25, 0.3) is 0 Å². The van der Waals surface area contributed by atoms with Gasteiger partial charge in [-0.15, -0.1) is 0 Å². The first kappa shape index (κ1) is 19.0. The second-order valence-corrected chi connectivity index (χ2v) is 7.76. The van der Waals surface area contributed by atoms with Crippen molar-refractivity contribution >= 4 is 12.1 Å². The number of hydrazone groups is 1. The Balaban J connectivity index is 1.35. The van der Waals surface area contributed by atoms with Crippen LogP contribution in [0.1, 0.15) is 23.1 Å². The van der Waals surface area contributed by atoms with Gasteiger partial charge >= 0.3 is 0 Å². The van der Waals surface area contributed by atoms with Crippen LogP contribution in [0.5, 0.6) is 0 Å². The van der Waals surface area contributed by atoms with Gasteiger partial charge in [0.2, 0.25) is 5.91 Å². The van der Waals surface area contributed by atoms with Gasteiger partial charge in [0.05, 0.1) is 24.0 Å². The van der Waals surface area contributed by atoms with E-state index in [0.717, 1.165) is 34.4 Å². The Kier molecular flexibility index (Phi) is 4.92. The predicted molar refractivity (Wildman–Crippen MR) is 122 cm³/mol. The molecule has 0 radical (unpaired) electrons. The maximum atomic E-state index is 13.0. The molecule has 1 aromatic heterocycles. The molecule has 31 heavy (non-hydrogen) atoms. The van der Waals surface area contributed by atoms with E-state index in [1.54, 1.807) is 12.4 Å². The Bertz CT molecular complexity index is 1160. The molecule has 5 heteroatoms. The molecule has 4 aromatic rings. The van der Waals surface area contributed by atoms with Crippen molar-refractivity contribution in [3.05, 3.63) is 114 Å². The van der Waals surface area contributed by atoms with Crippen LogP contribution in [0.3, 0.4) is 0 Å². The summed E-state index contributed by atoms with van der Waals surface area (Å²) in [4.78, 5) is 13.0. The third-order valence-electron chi connectivity index (χ3n) is 5.96. The van der Waals surface area contributed by atoms with E-state index >= 15 is 0 Å². The van der Waals surface area contributed by atoms with Crippen LogP contribution < -0.4 is 5.43 Å². The third-order valence-corrected chi connectivity index (χ3v) is 5.96. The van der Waals surface area contributed by atoms with Gasteiger partial charge in [-0.1, -0.05) is 91.0 Å². The first-order chi connectivity index (χ1) is 15.3. The average molecular weight is 406 g/mol. The lowest BCUT2D eigenvalue weighted by atomic mass is 9.85. The third kappa shape index (κ3) is 3.55. The van der Waals surface area contributed by atoms with Crippen LogP contribution in [-0.4, -0.2) is 22.3 Å². The smallest absolute Gasteiger partial charge is 0.244 e. The highest BCUT2D eigenvalue weighted by molar-refractivity contribution is 5.90. The van der Waals surface area contributed by atoms with E-state index in [4.69, 9.17) is 0 Å². The molecule has 2 N–H and O–H groups in total. The second-order valence-electron chi connectivity index (χ2n) is 7.76. The summed E-state index contributed by atoms with van der Waals surface area (Å²) < 4.78 is 0. The van der Waals surface area contributed by atoms with E-state index in [0.29, 0.717) is 0 Å². The highest BCUT2D eigenvalue weighted by Crippen LogP contribution is 2.58. The minimum absolute atomic E-state index is 0.0753. The summed E-state index contributed by atoms with van der Waals surface area (Å²) in [6, 6.07) is 30.4. The van der Waals surface area contributed by atoms with Crippen molar-refractivity contribution in [3.63, 3.8) is 0 Å². The topological polar surface area (TPSA) is 70.1 Å². The van der Waals surface area contributed by atoms with Crippen LogP contribution in [0.4, 0.5) is 0 Å². The van der Waals surface area contributed by atoms with Gasteiger partial charge in [0, 0.05) is 16.5 Å². The van der Waals surface area contributed by atoms with Crippen molar-refractivity contribution in [2.45, 2.75) is 11.8 Å². The zero-order valence-corrected chi connectivity index (χ0v) is 16.9. The van der Waals surface area contributed by atoms with Crippen molar-refractivity contribution in [2.24, 2.45) is 11.0 Å². The Morgan fingerprint density at radius 2 is 1.52 bits per heavy atom. The molecular weight excluding hydrogens is 384 g/mol. The van der Waals surface area contributed by atoms with Gasteiger partial charge in [-0.3, -0.25) is 9.89 Å². The van der Waals surface area contributed by atoms with Gasteiger partial charge in [-0.05, 0) is 17.5 Å². The first-order valence-electron chi connectivity index (χ1n) is 10.3. The minimum atomic E-state index is -0.299. The van der Waals surface area contributed by atoms with Crippen LogP contribution in [0, 0.1) is 5.92 Å². The molecular formula is C26H22N4O. The van der Waals surface area contributed by atoms with Gasteiger partial charge in [-0.2, -0.15) is 10.2 Å². The molecule has 0 spiro atoms. The van der Waals surface area contributed by atoms with Crippen LogP contribution in [-0.2, 0) is 10.2 Å². The number of hydrogen-bond acceptors (Lipinski definition) is 3. The molecule has 152 valence electrons. The molecule has 0 bridgehead atoms. The number of benzene rings is 3. The highest BCUT2D eigenvalue weighted by Gasteiger charge is 2.60. The zero-order chi connectivity index (χ0) is 21.1. The summed E-state index contributed by atoms with van der Waals surface area (Å²) in [6.45, 7) is 0. The van der Waals surface area contributed by atoms with E-state index in [-0.39, 0.29) is 17.2 Å². The number of carbonyl (C=O) groups excluding carboxylic acids is 1. The monoisotopic (exact) mass is 406 g/mol. The molecule has 1 saturated carbocycles. The summed E-state index contributed by atoms with van der Waals surface area (Å²) >= 11 is 0. The van der Waals surface area contributed by atoms with E-state index in [1.807, 2.05) is 66.7 Å². The van der Waals surface area contributed by atoms with Gasteiger partial charge in [-0.25, -0.2) is 5.43 Å². The predicted octanol–water partition coefficient (Wildman–Crippen LogP) is 4.53. The lowest BCUT2D eigenvalue weighted by Gasteiger charge is -2.18. The highest BCUT2D eigenvalue weighted by atomic mass is 16.2. The van der Waals surface area contributed by atoms with Crippen molar-refractivity contribution in [3.8, 4) is 11.3 Å². The normalized spacial score (nSPS) is 16.8. The Morgan fingerprint density at radius 3 is 2.13 bits per heavy atom. The first-order valence-corrected chi connectivity index (χ1v) is 10.3. The molecule has 3 aromatic carbocycles. The van der Waals surface area contributed by atoms with Crippen molar-refractivity contribution in [1.82, 2.24) is 15.6 Å². The molecule has 5 rings (SSSR count). The van der Waals surface area contributed by atoms with E-state index in [2.05, 4.69) is 45.0 Å². The molecule has 0 unspecified atom stereocenters. The Hall–Kier alpha value is -3.99. The fraction of sp³-hybridized carbons (Fsp3) is 0.115. The van der Waals surface area contributed by atoms with Gasteiger partial charge in [0.15, 0.2) is 0 Å². The average Bonchev–Trinajstić information content (AvgIpc) is 3.44. The summed E-state index contributed by atoms with van der Waals surface area (Å²) in [6.07, 6.45) is 4.11. The quantitative estimate of drug-likeness (QED) is 0.365. The molecule has 1 aliphatic rings. The number of amides is 1. The number of hydrogen-bond donors (Lipinski definition) is 2. The summed E-state index contributed by atoms with van der Waals surface area (Å²) in [7, 11) is 0. The molecule has 1 aliphatic carbocycles. The number of H-pyrrole nitrogens is 1. The van der Waals surface area contributed by atoms with Crippen LogP contribution in [0.2, 0.25) is 0 Å². The van der Waals surface area contributed by atoms with Crippen molar-refractivity contribution < 1.29 is 4.79 Å². The second kappa shape index (κ2) is 8.03. The maximum absolute atomic E-state index is 13.0. The number of aromatic nitrogens is 2. The summed E-state index contributed by atoms with van der Waals surface area (Å²) in [5, 5.41) is 11.3. The van der Waals surface area contributed by atoms with E-state index in [9.17, 15) is 4.79 Å². The minimum Gasteiger partial charge on any atom is -0.277 e. The Labute approximate surface area is 180 Å². The number of carbonyl (C=O) groups is 1. The van der Waals surface area contributed by atoms with Crippen molar-refractivity contribution in [2.75, 3.05) is 0 Å². The Morgan fingerprint density at radius 1 is 0.935 bits per heavy atom. The number of nitrogens with one attached hydrogen (secondary N) is 2. The SMILES string of the molecule is O=C(N/N=C/c1cn[nH]c1-c1ccccc1)[C@H]1CC1(c1ccccc1)c1ccccc1. The summed E-state index contributed by atoms with van der Waals surface area (Å²) in [5.74, 6) is -0.235. The van der Waals surface area contributed by atoms with Crippen molar-refractivity contribution in [1.29, 1.82) is 0 Å². The van der Waals surface area contributed by atoms with E-state index in [1.165, 1.54) is 0 Å². The fourth-order valence-corrected chi connectivity index (χ4v) is 4.33. The van der Waals surface area contributed by atoms with Crippen LogP contribution >= 0.6 is 0 Å². The van der Waals surface area contributed by atoms with Gasteiger partial charge < -0.3 is 0 Å². The molecule has 1 heterocycles. The molecule has 0 aliphatic heterocycles. The lowest BCUT2D eigenvalue weighted by Crippen LogP contribution is -2.25. The van der Waals surface area contributed by atoms with E-state index < -0.39 is 0 Å². The fourth-order valence-electron chi connectivity index (χ4n) is 4.33. The summed E-state index contributed by atoms with van der Waals surface area (Å²) in [5.41, 5.74) is 7.47. The molecule has 1 fully saturated rings. The number of nitrogens with zero attached hydrogens (tertiary/aromatic N) is 2. The maximum Gasteiger partial charge on any atom is 0.244 e. The number of aromatic amines is 1. The molecule has 1 amide bonds. The van der Waals surface area contributed by atoms with Crippen LogP contribution in [0.15, 0.2) is 102 Å². The van der Waals surface area contributed by atoms with Gasteiger partial charge in [0.1, 0.15) is 0 Å².